The average molecular weight is 835 g/mol. The van der Waals surface area contributed by atoms with Crippen molar-refractivity contribution in [2.45, 2.75) is 118 Å². The van der Waals surface area contributed by atoms with Crippen LogP contribution in [-0.2, 0) is 4.79 Å². The number of amides is 1. The first-order valence-corrected chi connectivity index (χ1v) is 22.7. The number of fused-ring (bicyclic) bond motifs is 4. The van der Waals surface area contributed by atoms with Crippen LogP contribution in [0.4, 0.5) is 10.2 Å². The Morgan fingerprint density at radius 1 is 1.12 bits per heavy atom. The number of nitrogens with zero attached hydrogens (tertiary/aromatic N) is 7. The van der Waals surface area contributed by atoms with Gasteiger partial charge in [0.15, 0.2) is 0 Å². The highest BCUT2D eigenvalue weighted by Crippen LogP contribution is 2.42. The molecular weight excluding hydrogens is 772 g/mol. The molecule has 320 valence electrons. The van der Waals surface area contributed by atoms with Gasteiger partial charge in [0.2, 0.25) is 0 Å². The third-order valence-corrected chi connectivity index (χ3v) is 13.6. The lowest BCUT2D eigenvalue weighted by molar-refractivity contribution is -0.124. The Hall–Kier alpha value is -4.89. The van der Waals surface area contributed by atoms with Gasteiger partial charge < -0.3 is 20.3 Å². The summed E-state index contributed by atoms with van der Waals surface area (Å²) in [6.07, 6.45) is 13.8. The third kappa shape index (κ3) is 9.52. The van der Waals surface area contributed by atoms with Crippen LogP contribution in [-0.4, -0.2) is 72.9 Å². The van der Waals surface area contributed by atoms with Crippen molar-refractivity contribution in [3.63, 3.8) is 0 Å². The second-order valence-corrected chi connectivity index (χ2v) is 18.7. The van der Waals surface area contributed by atoms with E-state index >= 15 is 4.39 Å². The van der Waals surface area contributed by atoms with Gasteiger partial charge >= 0.3 is 6.01 Å². The van der Waals surface area contributed by atoms with E-state index in [2.05, 4.69) is 51.7 Å². The van der Waals surface area contributed by atoms with E-state index in [1.54, 1.807) is 26.2 Å². The minimum absolute atomic E-state index is 0.0295. The van der Waals surface area contributed by atoms with Gasteiger partial charge in [-0.15, -0.1) is 11.3 Å². The van der Waals surface area contributed by atoms with Crippen molar-refractivity contribution in [3.05, 3.63) is 56.8 Å². The van der Waals surface area contributed by atoms with E-state index < -0.39 is 0 Å². The Bertz CT molecular complexity index is 2470. The topological polar surface area (TPSA) is 133 Å². The fraction of sp³-hybridized carbons (Fsp3) is 0.542. The van der Waals surface area contributed by atoms with Crippen molar-refractivity contribution in [2.75, 3.05) is 45.2 Å². The minimum Gasteiger partial charge on any atom is -0.463 e. The van der Waals surface area contributed by atoms with Crippen LogP contribution >= 0.6 is 11.3 Å². The lowest BCUT2D eigenvalue weighted by Gasteiger charge is -2.30. The summed E-state index contributed by atoms with van der Waals surface area (Å²) >= 11 is 1.35. The SMILES string of the molecule is CCCCCCC(C)(CCCC)COc1nc(N2CCCN=C(/C=C(\N)C(=O)N(C)C)C2)c2c3c(c(-c4ccc(F)c5sc(C(C)C)c(C#N)c45)cc2n1)=NC(C)C(C)C=3. The second-order valence-electron chi connectivity index (χ2n) is 17.7. The Morgan fingerprint density at radius 3 is 2.57 bits per heavy atom. The molecular formula is C48H63FN8O2S. The molecule has 4 heterocycles. The molecule has 2 aliphatic heterocycles. The molecule has 1 amide bonds. The van der Waals surface area contributed by atoms with Gasteiger partial charge in [0.05, 0.1) is 57.1 Å². The van der Waals surface area contributed by atoms with Gasteiger partial charge in [-0.05, 0) is 61.8 Å². The average Bonchev–Trinajstić information content (AvgIpc) is 3.48. The van der Waals surface area contributed by atoms with Gasteiger partial charge in [-0.1, -0.05) is 92.2 Å². The molecule has 60 heavy (non-hydrogen) atoms. The van der Waals surface area contributed by atoms with Crippen LogP contribution in [0.5, 0.6) is 6.01 Å². The summed E-state index contributed by atoms with van der Waals surface area (Å²) in [5, 5.41) is 13.7. The summed E-state index contributed by atoms with van der Waals surface area (Å²) < 4.78 is 22.9. The number of unbranched alkanes of at least 4 members (excludes halogenated alkanes) is 4. The van der Waals surface area contributed by atoms with Crippen molar-refractivity contribution in [2.24, 2.45) is 27.1 Å². The number of hydrogen-bond acceptors (Lipinski definition) is 10. The molecule has 10 nitrogen and oxygen atoms in total. The number of rotatable bonds is 16. The predicted octanol–water partition coefficient (Wildman–Crippen LogP) is 9.21. The molecule has 3 atom stereocenters. The zero-order valence-corrected chi connectivity index (χ0v) is 37.9. The number of benzene rings is 2. The Balaban J connectivity index is 1.60. The number of hydrogen-bond donors (Lipinski definition) is 1. The number of halogens is 1. The molecule has 2 aromatic carbocycles. The summed E-state index contributed by atoms with van der Waals surface area (Å²) in [4.78, 5) is 38.0. The molecule has 0 saturated heterocycles. The smallest absolute Gasteiger partial charge is 0.318 e. The first kappa shape index (κ1) is 44.7. The Kier molecular flexibility index (Phi) is 14.3. The van der Waals surface area contributed by atoms with Crippen molar-refractivity contribution in [3.8, 4) is 23.2 Å². The third-order valence-electron chi connectivity index (χ3n) is 12.1. The summed E-state index contributed by atoms with van der Waals surface area (Å²) in [5.41, 5.74) is 9.78. The molecule has 0 saturated carbocycles. The Labute approximate surface area is 359 Å². The van der Waals surface area contributed by atoms with Crippen molar-refractivity contribution in [1.82, 2.24) is 14.9 Å². The highest BCUT2D eigenvalue weighted by molar-refractivity contribution is 7.19. The van der Waals surface area contributed by atoms with E-state index in [0.717, 1.165) is 70.5 Å². The molecule has 0 aliphatic carbocycles. The van der Waals surface area contributed by atoms with Crippen molar-refractivity contribution < 1.29 is 13.9 Å². The van der Waals surface area contributed by atoms with Crippen LogP contribution in [0.15, 0.2) is 40.0 Å². The molecule has 2 N–H and O–H groups in total. The molecule has 0 fully saturated rings. The first-order valence-electron chi connectivity index (χ1n) is 21.9. The van der Waals surface area contributed by atoms with Crippen molar-refractivity contribution in [1.29, 1.82) is 5.26 Å². The maximum atomic E-state index is 15.7. The second kappa shape index (κ2) is 19.2. The number of aliphatic imine (C=N–C) groups is 1. The fourth-order valence-electron chi connectivity index (χ4n) is 8.40. The number of carbonyl (C=O) groups excluding carboxylic acids is 1. The maximum absolute atomic E-state index is 15.7. The predicted molar refractivity (Wildman–Crippen MR) is 245 cm³/mol. The number of nitrogens with two attached hydrogens (primary N) is 1. The van der Waals surface area contributed by atoms with Gasteiger partial charge in [-0.3, -0.25) is 14.8 Å². The molecule has 6 rings (SSSR count). The number of aromatic nitrogens is 2. The molecule has 12 heteroatoms. The number of ether oxygens (including phenoxy) is 1. The molecule has 0 radical (unpaired) electrons. The van der Waals surface area contributed by atoms with Crippen LogP contribution in [0.2, 0.25) is 0 Å². The molecule has 3 unspecified atom stereocenters. The van der Waals surface area contributed by atoms with E-state index in [0.29, 0.717) is 58.9 Å². The van der Waals surface area contributed by atoms with Gasteiger partial charge in [0.1, 0.15) is 17.7 Å². The van der Waals surface area contributed by atoms with E-state index in [-0.39, 0.29) is 46.7 Å². The first-order chi connectivity index (χ1) is 28.7. The number of likely N-dealkylation sites (N-methyl/N-ethyl adjacent to an activating group) is 1. The van der Waals surface area contributed by atoms with Gasteiger partial charge in [-0.2, -0.15) is 15.2 Å². The lowest BCUT2D eigenvalue weighted by Crippen LogP contribution is -2.38. The number of thiophene rings is 1. The van der Waals surface area contributed by atoms with Crippen LogP contribution in [0, 0.1) is 28.5 Å². The quantitative estimate of drug-likeness (QED) is 0.0879. The lowest BCUT2D eigenvalue weighted by atomic mass is 9.81. The summed E-state index contributed by atoms with van der Waals surface area (Å²) in [6, 6.07) is 8.02. The highest BCUT2D eigenvalue weighted by Gasteiger charge is 2.29. The maximum Gasteiger partial charge on any atom is 0.318 e. The van der Waals surface area contributed by atoms with Gasteiger partial charge in [0, 0.05) is 53.6 Å². The van der Waals surface area contributed by atoms with Crippen LogP contribution in [0.3, 0.4) is 0 Å². The standard InChI is InChI=1S/C48H63FN8O2S/c1-10-12-14-15-20-48(7,19-13-11-2)28-59-47-54-39-25-34(33-17-18-37(49)44-40(33)36(26-50)43(60-44)29(3)4)42-35(23-30(5)31(6)53-42)41(39)45(55-47)57-22-16-21-52-32(27-57)24-38(51)46(58)56(8)9/h17-18,23-25,29-31H,10-16,19-22,27-28,51H2,1-9H3/b38-24-. The van der Waals surface area contributed by atoms with E-state index in [4.69, 9.17) is 30.4 Å². The molecule has 0 spiro atoms. The molecule has 0 bridgehead atoms. The molecule has 4 aromatic rings. The number of nitriles is 1. The fourth-order valence-corrected chi connectivity index (χ4v) is 9.59. The van der Waals surface area contributed by atoms with Crippen LogP contribution < -0.4 is 25.9 Å². The monoisotopic (exact) mass is 834 g/mol. The summed E-state index contributed by atoms with van der Waals surface area (Å²) in [7, 11) is 3.36. The van der Waals surface area contributed by atoms with Crippen molar-refractivity contribution >= 4 is 55.8 Å². The normalized spacial score (nSPS) is 18.0. The van der Waals surface area contributed by atoms with E-state index in [9.17, 15) is 10.1 Å². The van der Waals surface area contributed by atoms with Gasteiger partial charge in [-0.25, -0.2) is 4.39 Å². The van der Waals surface area contributed by atoms with E-state index in [1.165, 1.54) is 41.6 Å². The van der Waals surface area contributed by atoms with E-state index in [1.807, 2.05) is 19.9 Å². The summed E-state index contributed by atoms with van der Waals surface area (Å²) in [5.74, 6) is 0.225. The van der Waals surface area contributed by atoms with Crippen LogP contribution in [0.1, 0.15) is 123 Å². The number of anilines is 1. The molecule has 2 aromatic heterocycles. The number of carbonyl (C=O) groups is 1. The highest BCUT2D eigenvalue weighted by atomic mass is 32.1. The van der Waals surface area contributed by atoms with Crippen LogP contribution in [0.25, 0.3) is 38.2 Å². The zero-order chi connectivity index (χ0) is 43.3. The Morgan fingerprint density at radius 2 is 1.87 bits per heavy atom. The minimum atomic E-state index is -0.344. The van der Waals surface area contributed by atoms with Gasteiger partial charge in [0.25, 0.3) is 5.91 Å². The largest absolute Gasteiger partial charge is 0.463 e. The summed E-state index contributed by atoms with van der Waals surface area (Å²) in [6.45, 7) is 17.2. The molecule has 2 aliphatic rings. The zero-order valence-electron chi connectivity index (χ0n) is 37.1.